The van der Waals surface area contributed by atoms with Crippen molar-refractivity contribution in [3.63, 3.8) is 0 Å². The monoisotopic (exact) mass is 64.0 g/mol. The van der Waals surface area contributed by atoms with Crippen LogP contribution in [0.25, 0.3) is 0 Å². The molecule has 0 N–H and O–H groups in total. The molecule has 0 spiro atoms. The molecule has 5 heavy (non-hydrogen) atoms. The zero-order valence-corrected chi connectivity index (χ0v) is 2.81. The molecule has 1 rings (SSSR count). The maximum atomic E-state index is 2.86. The number of hydrogen-bond donors (Lipinski definition) is 0. The summed E-state index contributed by atoms with van der Waals surface area (Å²) in [6.07, 6.45) is 0. The summed E-state index contributed by atoms with van der Waals surface area (Å²) in [5, 5.41) is 0. The molecule has 0 aliphatic heterocycles. The fourth-order valence-electron chi connectivity index (χ4n) is 0.278. The second kappa shape index (κ2) is 0.978. The van der Waals surface area contributed by atoms with Gasteiger partial charge < -0.3 is 30.3 Å². The summed E-state index contributed by atoms with van der Waals surface area (Å²) in [5.74, 6) is 0. The van der Waals surface area contributed by atoms with Crippen molar-refractivity contribution in [2.24, 2.45) is 0 Å². The first kappa shape index (κ1) is 2.58. The van der Waals surface area contributed by atoms with Gasteiger partial charge in [0.05, 0.1) is 0 Å². The molecule has 0 atom stereocenters. The zero-order valence-electron chi connectivity index (χ0n) is 2.81. The Labute approximate surface area is 31.4 Å². The van der Waals surface area contributed by atoms with E-state index in [1.807, 2.05) is 24.3 Å². The first-order chi connectivity index (χ1) is 2.50. The van der Waals surface area contributed by atoms with Crippen molar-refractivity contribution in [2.75, 3.05) is 0 Å². The second-order valence-electron chi connectivity index (χ2n) is 0.885. The highest BCUT2D eigenvalue weighted by Crippen LogP contribution is 1.78. The highest BCUT2D eigenvalue weighted by Gasteiger charge is 1.29. The zero-order chi connectivity index (χ0) is 3.54. The Morgan fingerprint density at radius 1 is 1.60 bits per heavy atom. The molecule has 0 nitrogen and oxygen atoms in total. The van der Waals surface area contributed by atoms with Gasteiger partial charge >= 0.3 is 0 Å². The smallest absolute Gasteiger partial charge is 0.317 e. The predicted octanol–water partition coefficient (Wildman–Crippen LogP) is 1.21. The summed E-state index contributed by atoms with van der Waals surface area (Å²) in [5.41, 5.74) is 0. The molecule has 0 aliphatic rings. The van der Waals surface area contributed by atoms with Gasteiger partial charge in [0.15, 0.2) is 0 Å². The third-order valence-corrected chi connectivity index (χ3v) is 0.496. The standard InChI is InChI=1S/C5H4/c1-2-4-5-3-1/h1-4H/q-2. The Kier molecular flexibility index (Phi) is 0.504. The van der Waals surface area contributed by atoms with Gasteiger partial charge in [0.2, 0.25) is 0 Å². The minimum absolute atomic E-state index is 1.88. The van der Waals surface area contributed by atoms with Gasteiger partial charge in [-0.15, -0.1) is 0 Å². The molecule has 0 saturated heterocycles. The van der Waals surface area contributed by atoms with Crippen molar-refractivity contribution in [2.45, 2.75) is 0 Å². The molecule has 0 radical (unpaired) electrons. The molecule has 0 heteroatoms. The minimum atomic E-state index is 1.88. The lowest BCUT2D eigenvalue weighted by atomic mass is 10.7. The van der Waals surface area contributed by atoms with Gasteiger partial charge in [0, 0.05) is 0 Å². The SMILES string of the molecule is [c-]1cc[cH-]c1. The summed E-state index contributed by atoms with van der Waals surface area (Å²) in [6, 6.07) is 10.5. The van der Waals surface area contributed by atoms with E-state index >= 15 is 0 Å². The summed E-state index contributed by atoms with van der Waals surface area (Å²) in [4.78, 5) is 0. The largest absolute Gasteiger partial charge is 0.376 e. The molecule has 0 heterocycles. The molecular weight excluding hydrogens is 60.1 g/mol. The molecule has 0 fully saturated rings. The molecular formula is C5H4-2. The van der Waals surface area contributed by atoms with E-state index < -0.39 is 0 Å². The lowest BCUT2D eigenvalue weighted by Crippen LogP contribution is -1.19. The number of rotatable bonds is 0. The Bertz CT molecular complexity index is 56.5. The van der Waals surface area contributed by atoms with Crippen LogP contribution in [-0.4, -0.2) is 0 Å². The van der Waals surface area contributed by atoms with E-state index in [4.69, 9.17) is 0 Å². The van der Waals surface area contributed by atoms with E-state index in [9.17, 15) is 0 Å². The average molecular weight is 64.1 g/mol. The van der Waals surface area contributed by atoms with Gasteiger partial charge in [0.25, 0.3) is 0 Å². The quantitative estimate of drug-likeness (QED) is 0.398. The van der Waals surface area contributed by atoms with Gasteiger partial charge in [-0.25, -0.2) is 0 Å². The molecule has 1 aromatic rings. The van der Waals surface area contributed by atoms with E-state index in [1.165, 1.54) is 0 Å². The highest BCUT2D eigenvalue weighted by molar-refractivity contribution is 4.96. The Morgan fingerprint density at radius 3 is 2.80 bits per heavy atom. The van der Waals surface area contributed by atoms with Crippen molar-refractivity contribution >= 4 is 0 Å². The molecule has 1 aromatic carbocycles. The van der Waals surface area contributed by atoms with Crippen LogP contribution < -0.4 is 0 Å². The van der Waals surface area contributed by atoms with Crippen molar-refractivity contribution in [3.05, 3.63) is 30.3 Å². The van der Waals surface area contributed by atoms with Gasteiger partial charge in [-0.3, -0.25) is 0 Å². The van der Waals surface area contributed by atoms with E-state index in [0.29, 0.717) is 0 Å². The normalized spacial score (nSPS) is 8.00. The average Bonchev–Trinajstić information content (AvgIpc) is 1.76. The second-order valence-corrected chi connectivity index (χ2v) is 0.885. The van der Waals surface area contributed by atoms with Crippen LogP contribution in [0.15, 0.2) is 24.3 Å². The van der Waals surface area contributed by atoms with Crippen LogP contribution in [0.3, 0.4) is 0 Å². The van der Waals surface area contributed by atoms with Crippen LogP contribution in [0.4, 0.5) is 0 Å². The predicted molar refractivity (Wildman–Crippen MR) is 20.9 cm³/mol. The van der Waals surface area contributed by atoms with E-state index in [0.717, 1.165) is 0 Å². The minimum Gasteiger partial charge on any atom is -0.376 e. The molecule has 0 unspecified atom stereocenters. The molecule has 0 aliphatic carbocycles. The lowest BCUT2D eigenvalue weighted by Gasteiger charge is -1.68. The van der Waals surface area contributed by atoms with Crippen LogP contribution in [0.5, 0.6) is 0 Å². The van der Waals surface area contributed by atoms with Crippen LogP contribution in [0, 0.1) is 6.07 Å². The van der Waals surface area contributed by atoms with Gasteiger partial charge in [-0.2, -0.15) is 0 Å². The fourth-order valence-corrected chi connectivity index (χ4v) is 0.278. The maximum Gasteiger partial charge on any atom is -0.317 e. The topological polar surface area (TPSA) is 0 Å². The third kappa shape index (κ3) is 0.323. The summed E-state index contributed by atoms with van der Waals surface area (Å²) < 4.78 is 0. The van der Waals surface area contributed by atoms with Crippen LogP contribution in [-0.2, 0) is 0 Å². The van der Waals surface area contributed by atoms with Crippen molar-refractivity contribution in [3.8, 4) is 0 Å². The molecule has 0 saturated carbocycles. The van der Waals surface area contributed by atoms with Gasteiger partial charge in [-0.1, -0.05) is 0 Å². The third-order valence-electron chi connectivity index (χ3n) is 0.496. The molecule has 26 valence electrons. The van der Waals surface area contributed by atoms with Crippen LogP contribution >= 0.6 is 0 Å². The van der Waals surface area contributed by atoms with E-state index in [2.05, 4.69) is 6.07 Å². The molecule has 0 bridgehead atoms. The first-order valence-corrected chi connectivity index (χ1v) is 1.58. The summed E-state index contributed by atoms with van der Waals surface area (Å²) in [6.45, 7) is 0. The van der Waals surface area contributed by atoms with Crippen LogP contribution in [0.1, 0.15) is 0 Å². The van der Waals surface area contributed by atoms with Crippen molar-refractivity contribution in [1.82, 2.24) is 0 Å². The first-order valence-electron chi connectivity index (χ1n) is 1.58. The van der Waals surface area contributed by atoms with Gasteiger partial charge in [0.1, 0.15) is 0 Å². The van der Waals surface area contributed by atoms with Gasteiger partial charge in [-0.05, 0) is 0 Å². The Balaban J connectivity index is 3.13. The maximum absolute atomic E-state index is 2.86. The number of hydrogen-bond acceptors (Lipinski definition) is 0. The molecule has 0 aromatic heterocycles. The summed E-state index contributed by atoms with van der Waals surface area (Å²) >= 11 is 0. The fraction of sp³-hybridized carbons (Fsp3) is 0. The van der Waals surface area contributed by atoms with E-state index in [1.54, 1.807) is 0 Å². The summed E-state index contributed by atoms with van der Waals surface area (Å²) in [7, 11) is 0. The van der Waals surface area contributed by atoms with E-state index in [-0.39, 0.29) is 0 Å². The lowest BCUT2D eigenvalue weighted by molar-refractivity contribution is 1.99. The Hall–Kier alpha value is -0.650. The molecule has 0 amide bonds. The van der Waals surface area contributed by atoms with Crippen molar-refractivity contribution < 1.29 is 0 Å². The highest BCUT2D eigenvalue weighted by atomic mass is 13.6. The van der Waals surface area contributed by atoms with Crippen molar-refractivity contribution in [1.29, 1.82) is 0 Å². The Morgan fingerprint density at radius 2 is 2.60 bits per heavy atom. The van der Waals surface area contributed by atoms with Crippen LogP contribution in [0.2, 0.25) is 0 Å².